The van der Waals surface area contributed by atoms with E-state index in [-0.39, 0.29) is 0 Å². The Morgan fingerprint density at radius 1 is 0.291 bits per heavy atom. The van der Waals surface area contributed by atoms with Crippen molar-refractivity contribution in [1.82, 2.24) is 4.98 Å². The Bertz CT molecular complexity index is 2970. The third kappa shape index (κ3) is 6.28. The monoisotopic (exact) mass is 703 g/mol. The topological polar surface area (TPSA) is 39.8 Å². The molecule has 0 unspecified atom stereocenters. The van der Waals surface area contributed by atoms with Crippen LogP contribution in [0.15, 0.2) is 206 Å². The van der Waals surface area contributed by atoms with E-state index < -0.39 is 0 Å². The molecule has 9 aromatic carbocycles. The fourth-order valence-electron chi connectivity index (χ4n) is 7.81. The van der Waals surface area contributed by atoms with Crippen molar-refractivity contribution in [2.75, 3.05) is 10.6 Å². The fourth-order valence-corrected chi connectivity index (χ4v) is 7.81. The molecule has 0 saturated heterocycles. The highest BCUT2D eigenvalue weighted by atomic mass is 14.9. The number of hydrogen-bond acceptors (Lipinski definition) is 2. The lowest BCUT2D eigenvalue weighted by atomic mass is 9.94. The molecule has 0 amide bonds. The summed E-state index contributed by atoms with van der Waals surface area (Å²) in [5.74, 6) is 0. The van der Waals surface area contributed by atoms with Gasteiger partial charge in [0.25, 0.3) is 0 Å². The summed E-state index contributed by atoms with van der Waals surface area (Å²) in [4.78, 5) is 3.60. The fraction of sp³-hybridized carbons (Fsp3) is 0. The third-order valence-corrected chi connectivity index (χ3v) is 10.6. The van der Waals surface area contributed by atoms with E-state index in [0.717, 1.165) is 67.2 Å². The molecule has 3 heteroatoms. The second-order valence-electron chi connectivity index (χ2n) is 14.0. The van der Waals surface area contributed by atoms with Gasteiger partial charge in [0.1, 0.15) is 0 Å². The van der Waals surface area contributed by atoms with E-state index in [9.17, 15) is 0 Å². The van der Waals surface area contributed by atoms with Crippen molar-refractivity contribution >= 4 is 55.3 Å². The van der Waals surface area contributed by atoms with Crippen LogP contribution in [0.3, 0.4) is 0 Å². The molecule has 0 aliphatic carbocycles. The molecule has 0 spiro atoms. The molecule has 55 heavy (non-hydrogen) atoms. The summed E-state index contributed by atoms with van der Waals surface area (Å²) >= 11 is 0. The van der Waals surface area contributed by atoms with Gasteiger partial charge in [0, 0.05) is 61.1 Å². The average Bonchev–Trinajstić information content (AvgIpc) is 3.63. The van der Waals surface area contributed by atoms with Gasteiger partial charge >= 0.3 is 0 Å². The van der Waals surface area contributed by atoms with Gasteiger partial charge in [-0.1, -0.05) is 146 Å². The molecule has 0 bridgehead atoms. The molecule has 0 aliphatic rings. The molecule has 0 fully saturated rings. The van der Waals surface area contributed by atoms with Crippen LogP contribution in [0.4, 0.5) is 22.7 Å². The van der Waals surface area contributed by atoms with Gasteiger partial charge in [-0.3, -0.25) is 0 Å². The van der Waals surface area contributed by atoms with Gasteiger partial charge in [0.15, 0.2) is 0 Å². The van der Waals surface area contributed by atoms with Crippen LogP contribution < -0.4 is 10.6 Å². The highest BCUT2D eigenvalue weighted by Crippen LogP contribution is 2.40. The van der Waals surface area contributed by atoms with E-state index in [4.69, 9.17) is 0 Å². The lowest BCUT2D eigenvalue weighted by Crippen LogP contribution is -1.95. The second kappa shape index (κ2) is 13.9. The van der Waals surface area contributed by atoms with Crippen LogP contribution in [0.2, 0.25) is 0 Å². The summed E-state index contributed by atoms with van der Waals surface area (Å²) in [5.41, 5.74) is 15.9. The largest absolute Gasteiger partial charge is 0.355 e. The summed E-state index contributed by atoms with van der Waals surface area (Å²) in [7, 11) is 0. The van der Waals surface area contributed by atoms with Gasteiger partial charge in [-0.05, 0) is 99.4 Å². The Morgan fingerprint density at radius 3 is 1.78 bits per heavy atom. The van der Waals surface area contributed by atoms with E-state index in [0.29, 0.717) is 0 Å². The summed E-state index contributed by atoms with van der Waals surface area (Å²) in [6, 6.07) is 73.7. The first-order chi connectivity index (χ1) is 27.2. The first-order valence-corrected chi connectivity index (χ1v) is 18.8. The number of para-hydroxylation sites is 2. The lowest BCUT2D eigenvalue weighted by molar-refractivity contribution is 1.51. The number of benzene rings is 9. The Kier molecular flexibility index (Phi) is 8.16. The highest BCUT2D eigenvalue weighted by Gasteiger charge is 2.14. The molecule has 0 radical (unpaired) electrons. The third-order valence-electron chi connectivity index (χ3n) is 10.6. The SMILES string of the molecule is c1ccc(-c2ccc(Nc3ccc(-c4cccc(-c5ccccc5Nc5cccc6ccccc56)c4)cc3-c3ccc4[nH]c5ccccc5c4c3)cc2)cc1. The molecule has 0 saturated carbocycles. The van der Waals surface area contributed by atoms with Crippen LogP contribution in [0.5, 0.6) is 0 Å². The molecular formula is C52H37N3. The highest BCUT2D eigenvalue weighted by molar-refractivity contribution is 6.09. The van der Waals surface area contributed by atoms with E-state index in [1.807, 2.05) is 0 Å². The van der Waals surface area contributed by atoms with Crippen molar-refractivity contribution in [1.29, 1.82) is 0 Å². The number of aromatic amines is 1. The molecule has 260 valence electrons. The Morgan fingerprint density at radius 2 is 0.873 bits per heavy atom. The van der Waals surface area contributed by atoms with Crippen LogP contribution in [0, 0.1) is 0 Å². The van der Waals surface area contributed by atoms with Gasteiger partial charge in [0.05, 0.1) is 0 Å². The van der Waals surface area contributed by atoms with Gasteiger partial charge in [0.2, 0.25) is 0 Å². The number of hydrogen-bond donors (Lipinski definition) is 3. The van der Waals surface area contributed by atoms with Crippen LogP contribution >= 0.6 is 0 Å². The number of aromatic nitrogens is 1. The molecule has 10 aromatic rings. The Labute approximate surface area is 320 Å². The summed E-state index contributed by atoms with van der Waals surface area (Å²) in [6.45, 7) is 0. The maximum absolute atomic E-state index is 3.77. The lowest BCUT2D eigenvalue weighted by Gasteiger charge is -2.17. The number of nitrogens with one attached hydrogen (secondary N) is 3. The second-order valence-corrected chi connectivity index (χ2v) is 14.0. The summed E-state index contributed by atoms with van der Waals surface area (Å²) < 4.78 is 0. The molecule has 1 aromatic heterocycles. The molecule has 0 aliphatic heterocycles. The van der Waals surface area contributed by atoms with Crippen molar-refractivity contribution in [3.05, 3.63) is 206 Å². The molecule has 1 heterocycles. The zero-order valence-electron chi connectivity index (χ0n) is 30.1. The quantitative estimate of drug-likeness (QED) is 0.147. The van der Waals surface area contributed by atoms with Crippen molar-refractivity contribution in [3.8, 4) is 44.5 Å². The standard InChI is InChI=1S/C52H37N3/c1-2-12-35(13-3-1)36-24-28-42(29-25-36)53-51-30-26-39(33-46(51)41-27-31-52-47(34-41)45-20-7-9-22-50(45)55-52)38-16-10-17-40(32-38)44-19-6-8-21-48(44)54-49-23-11-15-37-14-4-5-18-43(37)49/h1-34,53-55H. The Hall–Kier alpha value is -7.36. The number of rotatable bonds is 8. The van der Waals surface area contributed by atoms with Crippen LogP contribution in [-0.4, -0.2) is 4.98 Å². The summed E-state index contributed by atoms with van der Waals surface area (Å²) in [6.07, 6.45) is 0. The van der Waals surface area contributed by atoms with E-state index in [1.54, 1.807) is 0 Å². The first-order valence-electron chi connectivity index (χ1n) is 18.8. The number of H-pyrrole nitrogens is 1. The van der Waals surface area contributed by atoms with E-state index >= 15 is 0 Å². The van der Waals surface area contributed by atoms with Crippen LogP contribution in [0.25, 0.3) is 77.1 Å². The van der Waals surface area contributed by atoms with Crippen LogP contribution in [-0.2, 0) is 0 Å². The minimum atomic E-state index is 1.04. The molecule has 3 N–H and O–H groups in total. The molecule has 0 atom stereocenters. The van der Waals surface area contributed by atoms with Crippen molar-refractivity contribution < 1.29 is 0 Å². The zero-order chi connectivity index (χ0) is 36.6. The predicted molar refractivity (Wildman–Crippen MR) is 235 cm³/mol. The summed E-state index contributed by atoms with van der Waals surface area (Å²) in [5, 5.41) is 12.4. The molecule has 10 rings (SSSR count). The predicted octanol–water partition coefficient (Wildman–Crippen LogP) is 14.6. The smallest absolute Gasteiger partial charge is 0.0465 e. The number of fused-ring (bicyclic) bond motifs is 4. The van der Waals surface area contributed by atoms with E-state index in [1.165, 1.54) is 32.7 Å². The van der Waals surface area contributed by atoms with Crippen molar-refractivity contribution in [3.63, 3.8) is 0 Å². The minimum absolute atomic E-state index is 1.04. The van der Waals surface area contributed by atoms with Gasteiger partial charge in [-0.25, -0.2) is 0 Å². The molecule has 3 nitrogen and oxygen atoms in total. The normalized spacial score (nSPS) is 11.3. The average molecular weight is 704 g/mol. The Balaban J connectivity index is 1.04. The van der Waals surface area contributed by atoms with Gasteiger partial charge in [-0.15, -0.1) is 0 Å². The zero-order valence-corrected chi connectivity index (χ0v) is 30.1. The van der Waals surface area contributed by atoms with Crippen LogP contribution in [0.1, 0.15) is 0 Å². The van der Waals surface area contributed by atoms with Crippen molar-refractivity contribution in [2.45, 2.75) is 0 Å². The first kappa shape index (κ1) is 32.3. The minimum Gasteiger partial charge on any atom is -0.355 e. The van der Waals surface area contributed by atoms with Gasteiger partial charge < -0.3 is 15.6 Å². The van der Waals surface area contributed by atoms with E-state index in [2.05, 4.69) is 222 Å². The maximum Gasteiger partial charge on any atom is 0.0465 e. The van der Waals surface area contributed by atoms with Gasteiger partial charge in [-0.2, -0.15) is 0 Å². The molecular weight excluding hydrogens is 667 g/mol. The van der Waals surface area contributed by atoms with Crippen molar-refractivity contribution in [2.24, 2.45) is 0 Å². The number of anilines is 4. The maximum atomic E-state index is 3.77.